The fourth-order valence-corrected chi connectivity index (χ4v) is 4.28. The van der Waals surface area contributed by atoms with Crippen LogP contribution >= 0.6 is 11.8 Å². The average molecular weight is 394 g/mol. The van der Waals surface area contributed by atoms with Gasteiger partial charge >= 0.3 is 0 Å². The van der Waals surface area contributed by atoms with Gasteiger partial charge in [-0.1, -0.05) is 103 Å². The molecule has 0 atom stereocenters. The van der Waals surface area contributed by atoms with Crippen LogP contribution in [0.3, 0.4) is 0 Å². The fraction of sp³-hybridized carbons (Fsp3) is 0.739. The number of benzene rings is 1. The van der Waals surface area contributed by atoms with Crippen molar-refractivity contribution in [3.8, 4) is 0 Å². The quantitative estimate of drug-likeness (QED) is 0.143. The van der Waals surface area contributed by atoms with E-state index >= 15 is 0 Å². The van der Waals surface area contributed by atoms with E-state index in [0.29, 0.717) is 0 Å². The summed E-state index contributed by atoms with van der Waals surface area (Å²) in [6.45, 7) is 2.28. The van der Waals surface area contributed by atoms with Gasteiger partial charge in [-0.25, -0.2) is 0 Å². The van der Waals surface area contributed by atoms with Crippen molar-refractivity contribution in [3.05, 3.63) is 39.9 Å². The highest BCUT2D eigenvalue weighted by molar-refractivity contribution is 7.98. The molecule has 0 saturated carbocycles. The van der Waals surface area contributed by atoms with Crippen LogP contribution in [-0.2, 0) is 5.75 Å². The minimum atomic E-state index is -0.342. The van der Waals surface area contributed by atoms with Gasteiger partial charge in [-0.15, -0.1) is 0 Å². The molecule has 1 rings (SSSR count). The molecule has 0 bridgehead atoms. The molecule has 3 nitrogen and oxygen atoms in total. The maximum atomic E-state index is 10.6. The molecule has 0 aliphatic heterocycles. The van der Waals surface area contributed by atoms with E-state index in [9.17, 15) is 10.1 Å². The van der Waals surface area contributed by atoms with Crippen LogP contribution in [0.25, 0.3) is 0 Å². The third kappa shape index (κ3) is 13.7. The van der Waals surface area contributed by atoms with E-state index in [1.807, 2.05) is 23.9 Å². The first-order chi connectivity index (χ1) is 13.2. The number of nitro benzene ring substituents is 1. The molecule has 0 radical (unpaired) electrons. The summed E-state index contributed by atoms with van der Waals surface area (Å²) in [5, 5.41) is 10.6. The van der Waals surface area contributed by atoms with Gasteiger partial charge in [-0.2, -0.15) is 11.8 Å². The Balaban J connectivity index is 1.81. The van der Waals surface area contributed by atoms with Crippen LogP contribution in [0.2, 0.25) is 0 Å². The monoisotopic (exact) mass is 393 g/mol. The number of non-ortho nitro benzene ring substituents is 1. The molecule has 1 aromatic carbocycles. The predicted octanol–water partition coefficient (Wildman–Crippen LogP) is 8.31. The second kappa shape index (κ2) is 17.1. The van der Waals surface area contributed by atoms with Crippen LogP contribution in [0.1, 0.15) is 102 Å². The molecular weight excluding hydrogens is 354 g/mol. The molecule has 0 aromatic heterocycles. The summed E-state index contributed by atoms with van der Waals surface area (Å²) in [4.78, 5) is 10.3. The zero-order chi connectivity index (χ0) is 19.6. The summed E-state index contributed by atoms with van der Waals surface area (Å²) in [5.41, 5.74) is 1.35. The Morgan fingerprint density at radius 1 is 0.741 bits per heavy atom. The lowest BCUT2D eigenvalue weighted by molar-refractivity contribution is -0.384. The number of hydrogen-bond donors (Lipinski definition) is 0. The van der Waals surface area contributed by atoms with Gasteiger partial charge in [0.1, 0.15) is 0 Å². The van der Waals surface area contributed by atoms with Crippen LogP contribution in [0.5, 0.6) is 0 Å². The maximum Gasteiger partial charge on any atom is 0.269 e. The van der Waals surface area contributed by atoms with E-state index in [1.165, 1.54) is 101 Å². The van der Waals surface area contributed by atoms with Crippen molar-refractivity contribution in [2.45, 2.75) is 103 Å². The van der Waals surface area contributed by atoms with E-state index in [2.05, 4.69) is 6.92 Å². The third-order valence-electron chi connectivity index (χ3n) is 5.06. The Kier molecular flexibility index (Phi) is 15.2. The first-order valence-corrected chi connectivity index (χ1v) is 12.2. The highest BCUT2D eigenvalue weighted by Crippen LogP contribution is 2.18. The number of rotatable bonds is 18. The molecule has 154 valence electrons. The van der Waals surface area contributed by atoms with Crippen molar-refractivity contribution < 1.29 is 4.92 Å². The largest absolute Gasteiger partial charge is 0.269 e. The number of hydrogen-bond acceptors (Lipinski definition) is 3. The summed E-state index contributed by atoms with van der Waals surface area (Å²) in [6, 6.07) is 6.94. The SMILES string of the molecule is CCCCCCCCCCCCCCCCSCc1ccc([N+](=O)[O-])cc1. The zero-order valence-electron chi connectivity index (χ0n) is 17.3. The summed E-state index contributed by atoms with van der Waals surface area (Å²) >= 11 is 1.93. The van der Waals surface area contributed by atoms with Gasteiger partial charge in [0.05, 0.1) is 4.92 Å². The van der Waals surface area contributed by atoms with Crippen molar-refractivity contribution in [2.24, 2.45) is 0 Å². The Labute approximate surface area is 170 Å². The van der Waals surface area contributed by atoms with Gasteiger partial charge in [-0.05, 0) is 17.7 Å². The molecule has 0 unspecified atom stereocenters. The van der Waals surface area contributed by atoms with E-state index in [0.717, 1.165) is 5.75 Å². The second-order valence-electron chi connectivity index (χ2n) is 7.57. The van der Waals surface area contributed by atoms with Crippen LogP contribution in [-0.4, -0.2) is 10.7 Å². The molecule has 0 N–H and O–H groups in total. The van der Waals surface area contributed by atoms with Crippen molar-refractivity contribution >= 4 is 17.4 Å². The number of thioether (sulfide) groups is 1. The Bertz CT molecular complexity index is 476. The average Bonchev–Trinajstić information content (AvgIpc) is 2.68. The van der Waals surface area contributed by atoms with Crippen LogP contribution in [0.15, 0.2) is 24.3 Å². The fourth-order valence-electron chi connectivity index (χ4n) is 3.30. The van der Waals surface area contributed by atoms with E-state index in [1.54, 1.807) is 12.1 Å². The number of nitro groups is 1. The molecule has 0 fully saturated rings. The van der Waals surface area contributed by atoms with Gasteiger partial charge in [-0.3, -0.25) is 10.1 Å². The Morgan fingerprint density at radius 2 is 1.19 bits per heavy atom. The van der Waals surface area contributed by atoms with Crippen molar-refractivity contribution in [1.82, 2.24) is 0 Å². The van der Waals surface area contributed by atoms with Gasteiger partial charge < -0.3 is 0 Å². The molecule has 27 heavy (non-hydrogen) atoms. The lowest BCUT2D eigenvalue weighted by Crippen LogP contribution is -1.89. The van der Waals surface area contributed by atoms with Gasteiger partial charge in [0, 0.05) is 17.9 Å². The summed E-state index contributed by atoms with van der Waals surface area (Å²) in [7, 11) is 0. The summed E-state index contributed by atoms with van der Waals surface area (Å²) in [5.74, 6) is 2.14. The standard InChI is InChI=1S/C23H39NO2S/c1-2-3-4-5-6-7-8-9-10-11-12-13-14-15-20-27-21-22-16-18-23(19-17-22)24(25)26/h16-19H,2-15,20-21H2,1H3. The summed E-state index contributed by atoms with van der Waals surface area (Å²) < 4.78 is 0. The van der Waals surface area contributed by atoms with E-state index in [-0.39, 0.29) is 10.6 Å². The van der Waals surface area contributed by atoms with E-state index in [4.69, 9.17) is 0 Å². The Morgan fingerprint density at radius 3 is 1.63 bits per heavy atom. The van der Waals surface area contributed by atoms with Crippen molar-refractivity contribution in [1.29, 1.82) is 0 Å². The first-order valence-electron chi connectivity index (χ1n) is 11.0. The molecule has 0 saturated heterocycles. The first kappa shape index (κ1) is 24.0. The molecule has 0 aliphatic carbocycles. The minimum Gasteiger partial charge on any atom is -0.258 e. The van der Waals surface area contributed by atoms with E-state index < -0.39 is 0 Å². The lowest BCUT2D eigenvalue weighted by Gasteiger charge is -2.04. The second-order valence-corrected chi connectivity index (χ2v) is 8.68. The van der Waals surface area contributed by atoms with Crippen LogP contribution in [0.4, 0.5) is 5.69 Å². The number of nitrogens with zero attached hydrogens (tertiary/aromatic N) is 1. The highest BCUT2D eigenvalue weighted by atomic mass is 32.2. The van der Waals surface area contributed by atoms with Gasteiger partial charge in [0.15, 0.2) is 0 Å². The molecular formula is C23H39NO2S. The minimum absolute atomic E-state index is 0.177. The van der Waals surface area contributed by atoms with Gasteiger partial charge in [0.2, 0.25) is 0 Å². The smallest absolute Gasteiger partial charge is 0.258 e. The van der Waals surface area contributed by atoms with Crippen molar-refractivity contribution in [3.63, 3.8) is 0 Å². The normalized spacial score (nSPS) is 11.0. The third-order valence-corrected chi connectivity index (χ3v) is 6.17. The lowest BCUT2D eigenvalue weighted by atomic mass is 10.0. The predicted molar refractivity (Wildman–Crippen MR) is 120 cm³/mol. The van der Waals surface area contributed by atoms with Crippen molar-refractivity contribution in [2.75, 3.05) is 5.75 Å². The molecule has 1 aromatic rings. The van der Waals surface area contributed by atoms with Crippen LogP contribution in [0, 0.1) is 10.1 Å². The Hall–Kier alpha value is -1.03. The zero-order valence-corrected chi connectivity index (χ0v) is 18.1. The van der Waals surface area contributed by atoms with Gasteiger partial charge in [0.25, 0.3) is 5.69 Å². The van der Waals surface area contributed by atoms with Crippen LogP contribution < -0.4 is 0 Å². The molecule has 0 heterocycles. The molecule has 0 spiro atoms. The number of unbranched alkanes of at least 4 members (excludes halogenated alkanes) is 13. The summed E-state index contributed by atoms with van der Waals surface area (Å²) in [6.07, 6.45) is 19.6. The molecule has 4 heteroatoms. The molecule has 0 amide bonds. The maximum absolute atomic E-state index is 10.6. The topological polar surface area (TPSA) is 43.1 Å². The molecule has 0 aliphatic rings. The highest BCUT2D eigenvalue weighted by Gasteiger charge is 2.03.